The van der Waals surface area contributed by atoms with E-state index in [9.17, 15) is 5.11 Å². The molecule has 0 saturated carbocycles. The molecule has 25 heavy (non-hydrogen) atoms. The summed E-state index contributed by atoms with van der Waals surface area (Å²) in [5.41, 5.74) is 2.69. The number of ether oxygens (including phenoxy) is 2. The predicted octanol–water partition coefficient (Wildman–Crippen LogP) is 5.34. The Morgan fingerprint density at radius 3 is 1.84 bits per heavy atom. The molecule has 4 rings (SSSR count). The first-order valence-electron chi connectivity index (χ1n) is 7.84. The van der Waals surface area contributed by atoms with Crippen molar-refractivity contribution in [2.75, 3.05) is 19.1 Å². The first-order valence-corrected chi connectivity index (χ1v) is 8.65. The molecule has 4 nitrogen and oxygen atoms in total. The Bertz CT molecular complexity index is 896. The standard InChI is InChI=1S/C20H17NO3S/c1-23-17-11-15(16(22)12-18(17)24-2)21-13-7-3-5-9-19(13)25-20-10-6-4-8-14(20)21/h3-12,22H,1-2H3. The smallest absolute Gasteiger partial charge is 0.164 e. The van der Waals surface area contributed by atoms with Crippen LogP contribution in [0.15, 0.2) is 70.5 Å². The molecule has 1 aliphatic heterocycles. The zero-order valence-electron chi connectivity index (χ0n) is 13.9. The molecule has 0 unspecified atom stereocenters. The summed E-state index contributed by atoms with van der Waals surface area (Å²) in [4.78, 5) is 4.32. The van der Waals surface area contributed by atoms with E-state index in [4.69, 9.17) is 9.47 Å². The number of phenolic OH excluding ortho intramolecular Hbond substituents is 1. The third-order valence-electron chi connectivity index (χ3n) is 4.15. The Labute approximate surface area is 150 Å². The Hall–Kier alpha value is -2.79. The minimum absolute atomic E-state index is 0.133. The van der Waals surface area contributed by atoms with Crippen LogP contribution in [-0.2, 0) is 0 Å². The Balaban J connectivity index is 1.97. The Morgan fingerprint density at radius 2 is 1.28 bits per heavy atom. The van der Waals surface area contributed by atoms with Gasteiger partial charge in [-0.15, -0.1) is 0 Å². The number of fused-ring (bicyclic) bond motifs is 2. The molecule has 0 bridgehead atoms. The zero-order chi connectivity index (χ0) is 17.4. The van der Waals surface area contributed by atoms with E-state index in [-0.39, 0.29) is 5.75 Å². The van der Waals surface area contributed by atoms with E-state index in [1.807, 2.05) is 24.3 Å². The molecule has 3 aromatic carbocycles. The van der Waals surface area contributed by atoms with Crippen LogP contribution in [0.2, 0.25) is 0 Å². The summed E-state index contributed by atoms with van der Waals surface area (Å²) in [5.74, 6) is 1.20. The lowest BCUT2D eigenvalue weighted by molar-refractivity contribution is 0.351. The van der Waals surface area contributed by atoms with Gasteiger partial charge in [-0.25, -0.2) is 0 Å². The lowest BCUT2D eigenvalue weighted by Gasteiger charge is -2.33. The largest absolute Gasteiger partial charge is 0.506 e. The van der Waals surface area contributed by atoms with Gasteiger partial charge in [-0.3, -0.25) is 0 Å². The van der Waals surface area contributed by atoms with E-state index in [1.54, 1.807) is 38.1 Å². The van der Waals surface area contributed by atoms with Crippen molar-refractivity contribution < 1.29 is 14.6 Å². The van der Waals surface area contributed by atoms with Crippen molar-refractivity contribution in [2.45, 2.75) is 9.79 Å². The zero-order valence-corrected chi connectivity index (χ0v) is 14.7. The number of para-hydroxylation sites is 2. The fourth-order valence-corrected chi connectivity index (χ4v) is 4.06. The van der Waals surface area contributed by atoms with Gasteiger partial charge in [0.05, 0.1) is 31.3 Å². The SMILES string of the molecule is COc1cc(O)c(N2c3ccccc3Sc3ccccc32)cc1OC. The maximum Gasteiger partial charge on any atom is 0.164 e. The highest BCUT2D eigenvalue weighted by atomic mass is 32.2. The van der Waals surface area contributed by atoms with E-state index in [0.29, 0.717) is 17.2 Å². The third-order valence-corrected chi connectivity index (χ3v) is 5.28. The van der Waals surface area contributed by atoms with Crippen LogP contribution in [0.25, 0.3) is 0 Å². The summed E-state index contributed by atoms with van der Waals surface area (Å²) in [5, 5.41) is 10.7. The van der Waals surface area contributed by atoms with Crippen LogP contribution in [-0.4, -0.2) is 19.3 Å². The Morgan fingerprint density at radius 1 is 0.760 bits per heavy atom. The van der Waals surface area contributed by atoms with Crippen molar-refractivity contribution in [3.63, 3.8) is 0 Å². The molecule has 1 heterocycles. The van der Waals surface area contributed by atoms with Gasteiger partial charge in [-0.1, -0.05) is 36.0 Å². The summed E-state index contributed by atoms with van der Waals surface area (Å²) in [6, 6.07) is 19.7. The monoisotopic (exact) mass is 351 g/mol. The van der Waals surface area contributed by atoms with Crippen molar-refractivity contribution in [1.29, 1.82) is 0 Å². The molecule has 0 fully saturated rings. The minimum atomic E-state index is 0.133. The van der Waals surface area contributed by atoms with Crippen molar-refractivity contribution in [1.82, 2.24) is 0 Å². The molecule has 0 atom stereocenters. The van der Waals surface area contributed by atoms with Crippen molar-refractivity contribution in [2.24, 2.45) is 0 Å². The Kier molecular flexibility index (Phi) is 3.93. The number of hydrogen-bond acceptors (Lipinski definition) is 5. The van der Waals surface area contributed by atoms with E-state index in [1.165, 1.54) is 0 Å². The fourth-order valence-electron chi connectivity index (χ4n) is 3.00. The molecule has 3 aromatic rings. The molecule has 0 aliphatic carbocycles. The number of phenols is 1. The number of hydrogen-bond donors (Lipinski definition) is 1. The van der Waals surface area contributed by atoms with Crippen LogP contribution >= 0.6 is 11.8 Å². The molecule has 0 radical (unpaired) electrons. The van der Waals surface area contributed by atoms with Gasteiger partial charge in [0.1, 0.15) is 5.75 Å². The molecule has 0 spiro atoms. The van der Waals surface area contributed by atoms with Crippen LogP contribution in [0, 0.1) is 0 Å². The van der Waals surface area contributed by atoms with E-state index in [2.05, 4.69) is 29.2 Å². The highest BCUT2D eigenvalue weighted by molar-refractivity contribution is 7.99. The van der Waals surface area contributed by atoms with Crippen LogP contribution in [0.5, 0.6) is 17.2 Å². The molecule has 1 N–H and O–H groups in total. The summed E-state index contributed by atoms with van der Waals surface area (Å²) in [6.07, 6.45) is 0. The minimum Gasteiger partial charge on any atom is -0.506 e. The van der Waals surface area contributed by atoms with Crippen LogP contribution in [0.1, 0.15) is 0 Å². The van der Waals surface area contributed by atoms with Crippen LogP contribution in [0.3, 0.4) is 0 Å². The van der Waals surface area contributed by atoms with Gasteiger partial charge in [0.25, 0.3) is 0 Å². The summed E-state index contributed by atoms with van der Waals surface area (Å²) in [6.45, 7) is 0. The second kappa shape index (κ2) is 6.26. The van der Waals surface area contributed by atoms with Gasteiger partial charge >= 0.3 is 0 Å². The molecular weight excluding hydrogens is 334 g/mol. The normalized spacial score (nSPS) is 12.3. The van der Waals surface area contributed by atoms with Gasteiger partial charge in [0.2, 0.25) is 0 Å². The quantitative estimate of drug-likeness (QED) is 0.539. The topological polar surface area (TPSA) is 41.9 Å². The molecule has 0 amide bonds. The molecule has 1 aliphatic rings. The van der Waals surface area contributed by atoms with Gasteiger partial charge in [0.15, 0.2) is 11.5 Å². The fraction of sp³-hybridized carbons (Fsp3) is 0.100. The second-order valence-corrected chi connectivity index (χ2v) is 6.65. The lowest BCUT2D eigenvalue weighted by Crippen LogP contribution is -2.15. The summed E-state index contributed by atoms with van der Waals surface area (Å²) in [7, 11) is 3.14. The maximum absolute atomic E-state index is 10.7. The van der Waals surface area contributed by atoms with Gasteiger partial charge < -0.3 is 19.5 Å². The first kappa shape index (κ1) is 15.7. The molecule has 5 heteroatoms. The number of nitrogens with zero attached hydrogens (tertiary/aromatic N) is 1. The highest BCUT2D eigenvalue weighted by Gasteiger charge is 2.27. The average molecular weight is 351 g/mol. The van der Waals surface area contributed by atoms with Crippen molar-refractivity contribution in [3.8, 4) is 17.2 Å². The van der Waals surface area contributed by atoms with E-state index >= 15 is 0 Å². The highest BCUT2D eigenvalue weighted by Crippen LogP contribution is 2.54. The summed E-state index contributed by atoms with van der Waals surface area (Å²) >= 11 is 1.73. The number of methoxy groups -OCH3 is 2. The van der Waals surface area contributed by atoms with Crippen molar-refractivity contribution >= 4 is 28.8 Å². The van der Waals surface area contributed by atoms with E-state index < -0.39 is 0 Å². The number of anilines is 3. The number of benzene rings is 3. The van der Waals surface area contributed by atoms with Gasteiger partial charge in [-0.05, 0) is 24.3 Å². The summed E-state index contributed by atoms with van der Waals surface area (Å²) < 4.78 is 10.7. The predicted molar refractivity (Wildman–Crippen MR) is 100 cm³/mol. The van der Waals surface area contributed by atoms with Crippen LogP contribution < -0.4 is 14.4 Å². The number of aromatic hydroxyl groups is 1. The lowest BCUT2D eigenvalue weighted by atomic mass is 10.1. The molecule has 0 aromatic heterocycles. The van der Waals surface area contributed by atoms with Gasteiger partial charge in [-0.2, -0.15) is 0 Å². The van der Waals surface area contributed by atoms with Crippen molar-refractivity contribution in [3.05, 3.63) is 60.7 Å². The van der Waals surface area contributed by atoms with E-state index in [0.717, 1.165) is 21.2 Å². The third kappa shape index (κ3) is 2.57. The molecule has 126 valence electrons. The maximum atomic E-state index is 10.7. The molecular formula is C20H17NO3S. The first-order chi connectivity index (χ1) is 12.2. The van der Waals surface area contributed by atoms with Gasteiger partial charge in [0, 0.05) is 21.9 Å². The number of rotatable bonds is 3. The second-order valence-electron chi connectivity index (χ2n) is 5.57. The molecule has 0 saturated heterocycles. The average Bonchev–Trinajstić information content (AvgIpc) is 2.66. The van der Waals surface area contributed by atoms with Crippen LogP contribution in [0.4, 0.5) is 17.1 Å².